The van der Waals surface area contributed by atoms with Gasteiger partial charge in [-0.15, -0.1) is 0 Å². The average molecular weight is 398 g/mol. The number of para-hydroxylation sites is 1. The Bertz CT molecular complexity index is 862. The number of carbonyl (C=O) groups excluding carboxylic acids is 1. The third kappa shape index (κ3) is 4.10. The van der Waals surface area contributed by atoms with Crippen LogP contribution in [-0.4, -0.2) is 64.5 Å². The van der Waals surface area contributed by atoms with E-state index in [9.17, 15) is 4.79 Å². The molecule has 2 aliphatic rings. The molecule has 0 bridgehead atoms. The van der Waals surface area contributed by atoms with Crippen LogP contribution < -0.4 is 19.1 Å². The van der Waals surface area contributed by atoms with Gasteiger partial charge in [-0.1, -0.05) is 18.2 Å². The molecule has 154 valence electrons. The first-order valence-electron chi connectivity index (χ1n) is 9.81. The Labute approximate surface area is 170 Å². The van der Waals surface area contributed by atoms with Crippen molar-refractivity contribution >= 4 is 11.6 Å². The highest BCUT2D eigenvalue weighted by Gasteiger charge is 2.23. The van der Waals surface area contributed by atoms with E-state index < -0.39 is 0 Å². The van der Waals surface area contributed by atoms with E-state index in [4.69, 9.17) is 18.9 Å². The summed E-state index contributed by atoms with van der Waals surface area (Å²) in [6, 6.07) is 11.6. The summed E-state index contributed by atoms with van der Waals surface area (Å²) in [5.74, 6) is 1.50. The molecule has 0 saturated carbocycles. The number of ether oxygens (including phenoxy) is 4. The number of rotatable bonds is 5. The molecule has 4 rings (SSSR count). The van der Waals surface area contributed by atoms with Gasteiger partial charge in [-0.2, -0.15) is 0 Å². The zero-order valence-corrected chi connectivity index (χ0v) is 16.8. The van der Waals surface area contributed by atoms with E-state index in [1.807, 2.05) is 19.2 Å². The fraction of sp³-hybridized carbons (Fsp3) is 0.409. The molecule has 0 unspecified atom stereocenters. The van der Waals surface area contributed by atoms with Crippen LogP contribution in [0.15, 0.2) is 36.4 Å². The van der Waals surface area contributed by atoms with Crippen molar-refractivity contribution in [1.82, 2.24) is 4.90 Å². The van der Waals surface area contributed by atoms with Crippen molar-refractivity contribution in [2.45, 2.75) is 6.54 Å². The van der Waals surface area contributed by atoms with Crippen LogP contribution in [0.25, 0.3) is 0 Å². The molecular formula is C22H26N2O5. The summed E-state index contributed by atoms with van der Waals surface area (Å²) < 4.78 is 22.2. The van der Waals surface area contributed by atoms with Gasteiger partial charge in [0.05, 0.1) is 20.3 Å². The van der Waals surface area contributed by atoms with E-state index in [2.05, 4.69) is 17.0 Å². The molecule has 1 saturated heterocycles. The summed E-state index contributed by atoms with van der Waals surface area (Å²) in [6.45, 7) is 4.58. The van der Waals surface area contributed by atoms with Crippen LogP contribution in [-0.2, 0) is 11.3 Å². The van der Waals surface area contributed by atoms with Gasteiger partial charge in [-0.05, 0) is 23.8 Å². The van der Waals surface area contributed by atoms with Gasteiger partial charge >= 0.3 is 0 Å². The Balaban J connectivity index is 1.55. The standard InChI is InChI=1S/C22H26N2O5/c1-23(15-16-5-3-4-6-18(16)24-7-9-27-10-8-24)22(25)17-13-19(26-2)21-20(14-17)28-11-12-29-21/h3-6,13-14H,7-12,15H2,1-2H3. The molecule has 0 radical (unpaired) electrons. The summed E-state index contributed by atoms with van der Waals surface area (Å²) in [7, 11) is 3.37. The first kappa shape index (κ1) is 19.4. The summed E-state index contributed by atoms with van der Waals surface area (Å²) in [5.41, 5.74) is 2.77. The maximum atomic E-state index is 13.1. The van der Waals surface area contributed by atoms with Gasteiger partial charge in [0.2, 0.25) is 5.75 Å². The van der Waals surface area contributed by atoms with Crippen LogP contribution in [0.4, 0.5) is 5.69 Å². The normalized spacial score (nSPS) is 15.7. The zero-order chi connectivity index (χ0) is 20.2. The minimum atomic E-state index is -0.0999. The van der Waals surface area contributed by atoms with Gasteiger partial charge in [-0.25, -0.2) is 0 Å². The van der Waals surface area contributed by atoms with Crippen molar-refractivity contribution in [1.29, 1.82) is 0 Å². The number of benzene rings is 2. The van der Waals surface area contributed by atoms with E-state index in [0.29, 0.717) is 42.6 Å². The lowest BCUT2D eigenvalue weighted by Crippen LogP contribution is -2.37. The van der Waals surface area contributed by atoms with Crippen molar-refractivity contribution < 1.29 is 23.7 Å². The zero-order valence-electron chi connectivity index (χ0n) is 16.8. The average Bonchev–Trinajstić information content (AvgIpc) is 2.78. The quantitative estimate of drug-likeness (QED) is 0.772. The predicted molar refractivity (Wildman–Crippen MR) is 109 cm³/mol. The topological polar surface area (TPSA) is 60.5 Å². The molecule has 1 amide bonds. The van der Waals surface area contributed by atoms with Crippen LogP contribution in [0, 0.1) is 0 Å². The first-order chi connectivity index (χ1) is 14.2. The van der Waals surface area contributed by atoms with E-state index in [-0.39, 0.29) is 5.91 Å². The Morgan fingerprint density at radius 2 is 1.86 bits per heavy atom. The van der Waals surface area contributed by atoms with E-state index >= 15 is 0 Å². The third-order valence-corrected chi connectivity index (χ3v) is 5.17. The van der Waals surface area contributed by atoms with Gasteiger partial charge in [0.15, 0.2) is 11.5 Å². The SMILES string of the molecule is COc1cc(C(=O)N(C)Cc2ccccc2N2CCOCC2)cc2c1OCCO2. The molecule has 0 aromatic heterocycles. The number of nitrogens with zero attached hydrogens (tertiary/aromatic N) is 2. The van der Waals surface area contributed by atoms with Crippen molar-refractivity contribution in [2.24, 2.45) is 0 Å². The lowest BCUT2D eigenvalue weighted by Gasteiger charge is -2.31. The molecule has 2 heterocycles. The molecule has 2 aromatic carbocycles. The van der Waals surface area contributed by atoms with Crippen LogP contribution in [0.5, 0.6) is 17.2 Å². The van der Waals surface area contributed by atoms with Gasteiger partial charge in [0.1, 0.15) is 13.2 Å². The van der Waals surface area contributed by atoms with Crippen molar-refractivity contribution in [2.75, 3.05) is 58.6 Å². The number of anilines is 1. The van der Waals surface area contributed by atoms with Gasteiger partial charge in [-0.3, -0.25) is 4.79 Å². The molecular weight excluding hydrogens is 372 g/mol. The number of methoxy groups -OCH3 is 1. The number of fused-ring (bicyclic) bond motifs is 1. The molecule has 2 aromatic rings. The molecule has 29 heavy (non-hydrogen) atoms. The molecule has 0 atom stereocenters. The Morgan fingerprint density at radius 1 is 1.10 bits per heavy atom. The Kier molecular flexibility index (Phi) is 5.76. The molecule has 7 nitrogen and oxygen atoms in total. The van der Waals surface area contributed by atoms with Gasteiger partial charge in [0.25, 0.3) is 5.91 Å². The maximum absolute atomic E-state index is 13.1. The molecule has 7 heteroatoms. The highest BCUT2D eigenvalue weighted by atomic mass is 16.6. The molecule has 1 fully saturated rings. The van der Waals surface area contributed by atoms with Crippen LogP contribution in [0.1, 0.15) is 15.9 Å². The van der Waals surface area contributed by atoms with E-state index in [1.54, 1.807) is 24.1 Å². The van der Waals surface area contributed by atoms with Crippen LogP contribution in [0.3, 0.4) is 0 Å². The number of hydrogen-bond acceptors (Lipinski definition) is 6. The fourth-order valence-electron chi connectivity index (χ4n) is 3.70. The number of hydrogen-bond donors (Lipinski definition) is 0. The smallest absolute Gasteiger partial charge is 0.254 e. The second-order valence-corrected chi connectivity index (χ2v) is 7.09. The number of amides is 1. The minimum absolute atomic E-state index is 0.0999. The third-order valence-electron chi connectivity index (χ3n) is 5.17. The fourth-order valence-corrected chi connectivity index (χ4v) is 3.70. The van der Waals surface area contributed by atoms with Gasteiger partial charge in [0, 0.05) is 37.9 Å². The van der Waals surface area contributed by atoms with Crippen molar-refractivity contribution in [3.63, 3.8) is 0 Å². The van der Waals surface area contributed by atoms with E-state index in [0.717, 1.165) is 37.6 Å². The molecule has 2 aliphatic heterocycles. The first-order valence-corrected chi connectivity index (χ1v) is 9.81. The van der Waals surface area contributed by atoms with Gasteiger partial charge < -0.3 is 28.7 Å². The Hall–Kier alpha value is -2.93. The number of carbonyl (C=O) groups is 1. The second kappa shape index (κ2) is 8.61. The summed E-state index contributed by atoms with van der Waals surface area (Å²) in [6.07, 6.45) is 0. The molecule has 0 N–H and O–H groups in total. The predicted octanol–water partition coefficient (Wildman–Crippen LogP) is 2.58. The Morgan fingerprint density at radius 3 is 2.66 bits per heavy atom. The van der Waals surface area contributed by atoms with Crippen LogP contribution in [0.2, 0.25) is 0 Å². The van der Waals surface area contributed by atoms with Crippen molar-refractivity contribution in [3.8, 4) is 17.2 Å². The summed E-state index contributed by atoms with van der Waals surface area (Å²) in [4.78, 5) is 17.2. The second-order valence-electron chi connectivity index (χ2n) is 7.09. The summed E-state index contributed by atoms with van der Waals surface area (Å²) in [5, 5.41) is 0. The highest BCUT2D eigenvalue weighted by Crippen LogP contribution is 2.40. The largest absolute Gasteiger partial charge is 0.493 e. The maximum Gasteiger partial charge on any atom is 0.254 e. The monoisotopic (exact) mass is 398 g/mol. The lowest BCUT2D eigenvalue weighted by molar-refractivity contribution is 0.0783. The summed E-state index contributed by atoms with van der Waals surface area (Å²) >= 11 is 0. The lowest BCUT2D eigenvalue weighted by atomic mass is 10.1. The molecule has 0 aliphatic carbocycles. The number of morpholine rings is 1. The van der Waals surface area contributed by atoms with Crippen molar-refractivity contribution in [3.05, 3.63) is 47.5 Å². The van der Waals surface area contributed by atoms with Crippen LogP contribution >= 0.6 is 0 Å². The minimum Gasteiger partial charge on any atom is -0.493 e. The highest BCUT2D eigenvalue weighted by molar-refractivity contribution is 5.95. The van der Waals surface area contributed by atoms with E-state index in [1.165, 1.54) is 0 Å². The molecule has 0 spiro atoms.